The van der Waals surface area contributed by atoms with Gasteiger partial charge in [-0.15, -0.1) is 0 Å². The Kier molecular flexibility index (Phi) is 1.06. The molecule has 2 rings (SSSR count). The fraction of sp³-hybridized carbons (Fsp3) is 0.429. The number of rotatable bonds is 1. The molecule has 0 amide bonds. The summed E-state index contributed by atoms with van der Waals surface area (Å²) in [6, 6.07) is 4.03. The summed E-state index contributed by atoms with van der Waals surface area (Å²) in [6.07, 6.45) is 5.56. The maximum Gasteiger partial charge on any atom is 0.135 e. The highest BCUT2D eigenvalue weighted by molar-refractivity contribution is 4.92. The molecule has 0 saturated carbocycles. The quantitative estimate of drug-likeness (QED) is 0.550. The van der Waals surface area contributed by atoms with E-state index in [1.165, 1.54) is 0 Å². The van der Waals surface area contributed by atoms with E-state index in [9.17, 15) is 0 Å². The molecule has 1 unspecified atom stereocenters. The molecule has 2 nitrogen and oxygen atoms in total. The smallest absolute Gasteiger partial charge is 0.135 e. The monoisotopic (exact) mass is 123 g/mol. The predicted octanol–water partition coefficient (Wildman–Crippen LogP) is 1.41. The molecule has 0 radical (unpaired) electrons. The second-order valence-electron chi connectivity index (χ2n) is 2.24. The van der Waals surface area contributed by atoms with Crippen LogP contribution in [-0.2, 0) is 4.74 Å². The van der Waals surface area contributed by atoms with Crippen molar-refractivity contribution in [3.8, 4) is 0 Å². The molecular formula is C7H9NO. The Morgan fingerprint density at radius 1 is 1.33 bits per heavy atom. The van der Waals surface area contributed by atoms with Crippen molar-refractivity contribution in [3.63, 3.8) is 0 Å². The van der Waals surface area contributed by atoms with Crippen LogP contribution in [0.15, 0.2) is 24.5 Å². The zero-order valence-electron chi connectivity index (χ0n) is 5.16. The average Bonchev–Trinajstić information content (AvgIpc) is 2.11. The van der Waals surface area contributed by atoms with Gasteiger partial charge in [-0.1, -0.05) is 0 Å². The van der Waals surface area contributed by atoms with Gasteiger partial charge in [-0.3, -0.25) is 0 Å². The number of nitrogens with zero attached hydrogens (tertiary/aromatic N) is 1. The molecule has 1 saturated heterocycles. The first kappa shape index (κ1) is 5.06. The second-order valence-corrected chi connectivity index (χ2v) is 2.24. The molecule has 0 bridgehead atoms. The lowest BCUT2D eigenvalue weighted by molar-refractivity contribution is -0.0992. The Hall–Kier alpha value is -0.760. The van der Waals surface area contributed by atoms with Crippen molar-refractivity contribution in [2.24, 2.45) is 0 Å². The fourth-order valence-corrected chi connectivity index (χ4v) is 0.998. The molecule has 1 aromatic rings. The van der Waals surface area contributed by atoms with Gasteiger partial charge in [0.05, 0.1) is 6.61 Å². The normalized spacial score (nSPS) is 25.6. The van der Waals surface area contributed by atoms with Gasteiger partial charge in [-0.05, 0) is 12.1 Å². The number of hydrogen-bond acceptors (Lipinski definition) is 1. The largest absolute Gasteiger partial charge is 0.358 e. The van der Waals surface area contributed by atoms with E-state index in [1.54, 1.807) is 0 Å². The van der Waals surface area contributed by atoms with Gasteiger partial charge >= 0.3 is 0 Å². The molecule has 0 N–H and O–H groups in total. The summed E-state index contributed by atoms with van der Waals surface area (Å²) in [7, 11) is 0. The summed E-state index contributed by atoms with van der Waals surface area (Å²) < 4.78 is 7.32. The molecule has 2 heterocycles. The lowest BCUT2D eigenvalue weighted by Crippen LogP contribution is -2.23. The van der Waals surface area contributed by atoms with Crippen LogP contribution in [0, 0.1) is 0 Å². The van der Waals surface area contributed by atoms with E-state index in [0.717, 1.165) is 13.0 Å². The minimum atomic E-state index is 0.333. The Morgan fingerprint density at radius 2 is 2.00 bits per heavy atom. The molecule has 0 spiro atoms. The van der Waals surface area contributed by atoms with Crippen molar-refractivity contribution < 1.29 is 4.74 Å². The van der Waals surface area contributed by atoms with E-state index in [-0.39, 0.29) is 0 Å². The van der Waals surface area contributed by atoms with Crippen molar-refractivity contribution in [1.29, 1.82) is 0 Å². The van der Waals surface area contributed by atoms with Crippen molar-refractivity contribution >= 4 is 0 Å². The van der Waals surface area contributed by atoms with Crippen LogP contribution in [0.4, 0.5) is 0 Å². The van der Waals surface area contributed by atoms with E-state index >= 15 is 0 Å². The molecule has 48 valence electrons. The maximum atomic E-state index is 5.24. The van der Waals surface area contributed by atoms with Crippen molar-refractivity contribution in [2.75, 3.05) is 6.61 Å². The topological polar surface area (TPSA) is 14.2 Å². The van der Waals surface area contributed by atoms with Crippen LogP contribution in [0.2, 0.25) is 0 Å². The zero-order chi connectivity index (χ0) is 6.10. The summed E-state index contributed by atoms with van der Waals surface area (Å²) in [5, 5.41) is 0. The maximum absolute atomic E-state index is 5.24. The molecule has 1 aromatic heterocycles. The zero-order valence-corrected chi connectivity index (χ0v) is 5.16. The molecule has 1 aliphatic rings. The first-order valence-corrected chi connectivity index (χ1v) is 3.21. The molecule has 2 heteroatoms. The van der Waals surface area contributed by atoms with Crippen LogP contribution >= 0.6 is 0 Å². The van der Waals surface area contributed by atoms with Crippen LogP contribution in [0.25, 0.3) is 0 Å². The number of hydrogen-bond donors (Lipinski definition) is 0. The minimum Gasteiger partial charge on any atom is -0.358 e. The Bertz CT molecular complexity index is 177. The highest BCUT2D eigenvalue weighted by atomic mass is 16.5. The third kappa shape index (κ3) is 0.754. The van der Waals surface area contributed by atoms with Gasteiger partial charge in [0, 0.05) is 18.8 Å². The SMILES string of the molecule is c1ccn(C2CCO2)c1. The highest BCUT2D eigenvalue weighted by Gasteiger charge is 2.17. The fourth-order valence-electron chi connectivity index (χ4n) is 0.998. The van der Waals surface area contributed by atoms with Crippen molar-refractivity contribution in [1.82, 2.24) is 4.57 Å². The van der Waals surface area contributed by atoms with E-state index in [4.69, 9.17) is 4.74 Å². The third-order valence-corrected chi connectivity index (χ3v) is 1.64. The van der Waals surface area contributed by atoms with E-state index < -0.39 is 0 Å². The standard InChI is InChI=1S/C7H9NO/c1-2-5-8(4-1)7-3-6-9-7/h1-2,4-5,7H,3,6H2. The Morgan fingerprint density at radius 3 is 2.44 bits per heavy atom. The Labute approximate surface area is 54.1 Å². The minimum absolute atomic E-state index is 0.333. The van der Waals surface area contributed by atoms with Gasteiger partial charge in [0.15, 0.2) is 0 Å². The van der Waals surface area contributed by atoms with Gasteiger partial charge in [-0.25, -0.2) is 0 Å². The highest BCUT2D eigenvalue weighted by Crippen LogP contribution is 2.22. The number of aromatic nitrogens is 1. The lowest BCUT2D eigenvalue weighted by Gasteiger charge is -2.27. The molecular weight excluding hydrogens is 114 g/mol. The van der Waals surface area contributed by atoms with Gasteiger partial charge in [0.1, 0.15) is 6.23 Å². The van der Waals surface area contributed by atoms with Crippen LogP contribution in [0.3, 0.4) is 0 Å². The summed E-state index contributed by atoms with van der Waals surface area (Å²) in [6.45, 7) is 0.919. The van der Waals surface area contributed by atoms with Crippen molar-refractivity contribution in [2.45, 2.75) is 12.6 Å². The lowest BCUT2D eigenvalue weighted by atomic mass is 10.3. The summed E-state index contributed by atoms with van der Waals surface area (Å²) >= 11 is 0. The first-order valence-electron chi connectivity index (χ1n) is 3.21. The van der Waals surface area contributed by atoms with E-state index in [0.29, 0.717) is 6.23 Å². The number of ether oxygens (including phenoxy) is 1. The molecule has 1 fully saturated rings. The average molecular weight is 123 g/mol. The molecule has 1 aliphatic heterocycles. The summed E-state index contributed by atoms with van der Waals surface area (Å²) in [4.78, 5) is 0. The summed E-state index contributed by atoms with van der Waals surface area (Å²) in [5.41, 5.74) is 0. The first-order chi connectivity index (χ1) is 4.47. The van der Waals surface area contributed by atoms with E-state index in [1.807, 2.05) is 24.5 Å². The van der Waals surface area contributed by atoms with E-state index in [2.05, 4.69) is 4.57 Å². The molecule has 0 aromatic carbocycles. The molecule has 0 aliphatic carbocycles. The van der Waals surface area contributed by atoms with Gasteiger partial charge in [-0.2, -0.15) is 0 Å². The van der Waals surface area contributed by atoms with Crippen LogP contribution in [0.5, 0.6) is 0 Å². The van der Waals surface area contributed by atoms with Crippen LogP contribution in [-0.4, -0.2) is 11.2 Å². The predicted molar refractivity (Wildman–Crippen MR) is 34.0 cm³/mol. The van der Waals surface area contributed by atoms with Crippen LogP contribution < -0.4 is 0 Å². The molecule has 1 atom stereocenters. The van der Waals surface area contributed by atoms with Gasteiger partial charge in [0.2, 0.25) is 0 Å². The second kappa shape index (κ2) is 1.88. The Balaban J connectivity index is 2.14. The van der Waals surface area contributed by atoms with Crippen molar-refractivity contribution in [3.05, 3.63) is 24.5 Å². The third-order valence-electron chi connectivity index (χ3n) is 1.64. The summed E-state index contributed by atoms with van der Waals surface area (Å²) in [5.74, 6) is 0. The van der Waals surface area contributed by atoms with Gasteiger partial charge < -0.3 is 9.30 Å². The molecule has 9 heavy (non-hydrogen) atoms. The van der Waals surface area contributed by atoms with Gasteiger partial charge in [0.25, 0.3) is 0 Å². The van der Waals surface area contributed by atoms with Crippen LogP contribution in [0.1, 0.15) is 12.6 Å².